The van der Waals surface area contributed by atoms with E-state index in [1.165, 1.54) is 12.1 Å². The van der Waals surface area contributed by atoms with E-state index >= 15 is 0 Å². The van der Waals surface area contributed by atoms with Gasteiger partial charge in [0.15, 0.2) is 12.1 Å². The molecule has 0 saturated heterocycles. The summed E-state index contributed by atoms with van der Waals surface area (Å²) in [6.45, 7) is 6.30. The van der Waals surface area contributed by atoms with Gasteiger partial charge >= 0.3 is 55.6 Å². The minimum Gasteiger partial charge on any atom is -0.181 e. The molecule has 0 bridgehead atoms. The fourth-order valence-corrected chi connectivity index (χ4v) is 1.73. The maximum atomic E-state index is 9.21. The third kappa shape index (κ3) is 14.2. The van der Waals surface area contributed by atoms with Crippen molar-refractivity contribution in [3.63, 3.8) is 0 Å². The Morgan fingerprint density at radius 2 is 1.46 bits per heavy atom. The van der Waals surface area contributed by atoms with E-state index in [1.54, 1.807) is 6.66 Å². The molecule has 0 aromatic heterocycles. The van der Waals surface area contributed by atoms with Crippen LogP contribution in [0.5, 0.6) is 0 Å². The van der Waals surface area contributed by atoms with Gasteiger partial charge in [0.25, 0.3) is 0 Å². The van der Waals surface area contributed by atoms with Crippen molar-refractivity contribution in [3.8, 4) is 12.1 Å². The van der Waals surface area contributed by atoms with Crippen molar-refractivity contribution < 1.29 is 13.9 Å². The Balaban J connectivity index is 0. The Morgan fingerprint density at radius 1 is 1.15 bits per heavy atom. The molecule has 1 N–H and O–H groups in total. The van der Waals surface area contributed by atoms with E-state index < -0.39 is 7.94 Å². The maximum absolute atomic E-state index is 9.21. The van der Waals surface area contributed by atoms with Crippen LogP contribution in [-0.2, 0) is 9.05 Å². The van der Waals surface area contributed by atoms with E-state index in [4.69, 9.17) is 19.6 Å². The Morgan fingerprint density at radius 3 is 1.62 bits per heavy atom. The second-order valence-corrected chi connectivity index (χ2v) is 4.36. The molecule has 13 heavy (non-hydrogen) atoms. The summed E-state index contributed by atoms with van der Waals surface area (Å²) >= 11 is 0. The summed E-state index contributed by atoms with van der Waals surface area (Å²) in [7, 11) is -2.70. The molecule has 76 valence electrons. The molecular weight excluding hydrogens is 191 g/mol. The molecule has 0 rings (SSSR count). The van der Waals surface area contributed by atoms with Crippen molar-refractivity contribution in [1.29, 1.82) is 10.5 Å². The van der Waals surface area contributed by atoms with Gasteiger partial charge in [-0.25, -0.2) is 0 Å². The SMILES string of the molecule is CCO[PH](C)(O)OCC.N#CC#N. The van der Waals surface area contributed by atoms with Gasteiger partial charge < -0.3 is 0 Å². The van der Waals surface area contributed by atoms with Gasteiger partial charge in [0.05, 0.1) is 0 Å². The summed E-state index contributed by atoms with van der Waals surface area (Å²) in [5.74, 6) is 0. The standard InChI is InChI=1S/C5H15O3P.C2N2/c1-4-7-9(3,6)8-5-2;3-1-2-4/h6,9H,4-5H2,1-3H3;. The Labute approximate surface area is 79.1 Å². The number of nitriles is 2. The third-order valence-corrected chi connectivity index (χ3v) is 2.52. The summed E-state index contributed by atoms with van der Waals surface area (Å²) in [5, 5.41) is 14.5. The second kappa shape index (κ2) is 9.38. The molecule has 0 radical (unpaired) electrons. The van der Waals surface area contributed by atoms with Crippen LogP contribution >= 0.6 is 7.94 Å². The summed E-state index contributed by atoms with van der Waals surface area (Å²) in [5.41, 5.74) is 0. The molecule has 0 aliphatic carbocycles. The molecule has 6 heteroatoms. The molecule has 0 atom stereocenters. The number of hydrogen-bond acceptors (Lipinski definition) is 5. The first-order chi connectivity index (χ1) is 6.04. The van der Waals surface area contributed by atoms with Gasteiger partial charge in [-0.2, -0.15) is 10.5 Å². The van der Waals surface area contributed by atoms with Crippen molar-refractivity contribution in [1.82, 2.24) is 0 Å². The van der Waals surface area contributed by atoms with Gasteiger partial charge in [-0.3, -0.25) is 0 Å². The first-order valence-corrected chi connectivity index (χ1v) is 6.08. The average Bonchev–Trinajstić information content (AvgIpc) is 2.04. The van der Waals surface area contributed by atoms with E-state index in [0.29, 0.717) is 13.2 Å². The van der Waals surface area contributed by atoms with Crippen LogP contribution < -0.4 is 0 Å². The van der Waals surface area contributed by atoms with Crippen molar-refractivity contribution in [2.45, 2.75) is 13.8 Å². The van der Waals surface area contributed by atoms with Crippen LogP contribution in [0.4, 0.5) is 0 Å². The van der Waals surface area contributed by atoms with Crippen LogP contribution in [0.3, 0.4) is 0 Å². The van der Waals surface area contributed by atoms with Crippen LogP contribution in [0.1, 0.15) is 13.8 Å². The largest absolute Gasteiger partial charge is 0.181 e. The van der Waals surface area contributed by atoms with E-state index in [2.05, 4.69) is 0 Å². The van der Waals surface area contributed by atoms with E-state index in [0.717, 1.165) is 0 Å². The van der Waals surface area contributed by atoms with Crippen molar-refractivity contribution in [3.05, 3.63) is 0 Å². The van der Waals surface area contributed by atoms with Crippen LogP contribution in [-0.4, -0.2) is 24.8 Å². The number of rotatable bonds is 4. The van der Waals surface area contributed by atoms with E-state index in [-0.39, 0.29) is 0 Å². The first kappa shape index (κ1) is 14.8. The predicted molar refractivity (Wildman–Crippen MR) is 50.9 cm³/mol. The topological polar surface area (TPSA) is 86.3 Å². The molecule has 0 saturated carbocycles. The molecule has 0 aromatic rings. The fraction of sp³-hybridized carbons (Fsp3) is 0.714. The molecule has 0 spiro atoms. The maximum Gasteiger partial charge on any atom is 0.181 e. The van der Waals surface area contributed by atoms with Gasteiger partial charge in [-0.15, -0.1) is 0 Å². The van der Waals surface area contributed by atoms with Crippen molar-refractivity contribution in [2.24, 2.45) is 0 Å². The normalized spacial score (nSPS) is 10.3. The van der Waals surface area contributed by atoms with Crippen LogP contribution in [0.15, 0.2) is 0 Å². The quantitative estimate of drug-likeness (QED) is 0.698. The van der Waals surface area contributed by atoms with Gasteiger partial charge in [0, 0.05) is 0 Å². The smallest absolute Gasteiger partial charge is 0.181 e. The Hall–Kier alpha value is -0.710. The summed E-state index contributed by atoms with van der Waals surface area (Å²) < 4.78 is 9.88. The fourth-order valence-electron chi connectivity index (χ4n) is 0.577. The molecular formula is C7H15N2O3P. The zero-order valence-electron chi connectivity index (χ0n) is 8.07. The first-order valence-electron chi connectivity index (χ1n) is 3.82. The summed E-state index contributed by atoms with van der Waals surface area (Å²) in [4.78, 5) is 9.21. The predicted octanol–water partition coefficient (Wildman–Crippen LogP) is 1.21. The molecule has 0 fully saturated rings. The summed E-state index contributed by atoms with van der Waals surface area (Å²) in [6, 6.07) is 2.47. The Bertz CT molecular complexity index is 175. The minimum atomic E-state index is -2.70. The molecule has 0 heterocycles. The average molecular weight is 206 g/mol. The summed E-state index contributed by atoms with van der Waals surface area (Å²) in [6.07, 6.45) is 0. The van der Waals surface area contributed by atoms with E-state index in [1.807, 2.05) is 13.8 Å². The monoisotopic (exact) mass is 206 g/mol. The van der Waals surface area contributed by atoms with Gasteiger partial charge in [0.1, 0.15) is 0 Å². The molecule has 5 nitrogen and oxygen atoms in total. The number of hydrogen-bond donors (Lipinski definition) is 1. The van der Waals surface area contributed by atoms with Gasteiger partial charge in [-0.05, 0) is 0 Å². The van der Waals surface area contributed by atoms with E-state index in [9.17, 15) is 4.89 Å². The molecule has 0 unspecified atom stereocenters. The van der Waals surface area contributed by atoms with Crippen molar-refractivity contribution in [2.75, 3.05) is 19.9 Å². The van der Waals surface area contributed by atoms with Gasteiger partial charge in [-0.1, -0.05) is 0 Å². The van der Waals surface area contributed by atoms with Crippen molar-refractivity contribution >= 4 is 7.94 Å². The van der Waals surface area contributed by atoms with Gasteiger partial charge in [0.2, 0.25) is 0 Å². The Kier molecular flexibility index (Phi) is 10.7. The zero-order valence-corrected chi connectivity index (χ0v) is 9.07. The third-order valence-electron chi connectivity index (χ3n) is 0.874. The number of nitrogens with zero attached hydrogens (tertiary/aromatic N) is 2. The van der Waals surface area contributed by atoms with Crippen LogP contribution in [0, 0.1) is 22.7 Å². The second-order valence-electron chi connectivity index (χ2n) is 1.99. The van der Waals surface area contributed by atoms with Crippen LogP contribution in [0.25, 0.3) is 0 Å². The molecule has 0 aliphatic rings. The van der Waals surface area contributed by atoms with Crippen LogP contribution in [0.2, 0.25) is 0 Å². The zero-order chi connectivity index (χ0) is 10.7. The molecule has 0 amide bonds. The minimum absolute atomic E-state index is 0.513. The molecule has 0 aliphatic heterocycles. The molecule has 0 aromatic carbocycles.